The predicted molar refractivity (Wildman–Crippen MR) is 150 cm³/mol. The fourth-order valence-electron chi connectivity index (χ4n) is 5.60. The van der Waals surface area contributed by atoms with Crippen molar-refractivity contribution in [2.75, 3.05) is 13.2 Å². The number of likely N-dealkylation sites (tertiary alicyclic amines) is 1. The maximum absolute atomic E-state index is 13.4. The molecule has 0 saturated carbocycles. The van der Waals surface area contributed by atoms with Gasteiger partial charge in [-0.15, -0.1) is 0 Å². The molecule has 0 aromatic heterocycles. The van der Waals surface area contributed by atoms with Gasteiger partial charge in [-0.2, -0.15) is 0 Å². The topological polar surface area (TPSA) is 96.4 Å². The molecular formula is C32H34N2O6. The highest BCUT2D eigenvalue weighted by Gasteiger charge is 2.45. The van der Waals surface area contributed by atoms with Crippen molar-refractivity contribution in [3.05, 3.63) is 95.6 Å². The van der Waals surface area contributed by atoms with Gasteiger partial charge in [0.15, 0.2) is 0 Å². The van der Waals surface area contributed by atoms with Crippen LogP contribution in [-0.4, -0.2) is 63.9 Å². The second-order valence-corrected chi connectivity index (χ2v) is 11.3. The Hall–Kier alpha value is -4.33. The molecule has 3 aromatic rings. The van der Waals surface area contributed by atoms with Gasteiger partial charge in [-0.25, -0.2) is 14.4 Å². The molecule has 3 aromatic carbocycles. The number of nitrogens with zero attached hydrogens (tertiary/aromatic N) is 2. The summed E-state index contributed by atoms with van der Waals surface area (Å²) >= 11 is 0. The Bertz CT molecular complexity index is 1350. The summed E-state index contributed by atoms with van der Waals surface area (Å²) in [5, 5.41) is 10.0. The van der Waals surface area contributed by atoms with Gasteiger partial charge in [0.1, 0.15) is 18.2 Å². The highest BCUT2D eigenvalue weighted by atomic mass is 16.6. The van der Waals surface area contributed by atoms with Gasteiger partial charge in [-0.05, 0) is 48.6 Å². The largest absolute Gasteiger partial charge is 0.480 e. The molecule has 208 valence electrons. The molecule has 0 bridgehead atoms. The molecule has 2 amide bonds. The zero-order valence-corrected chi connectivity index (χ0v) is 22.9. The fourth-order valence-corrected chi connectivity index (χ4v) is 5.60. The molecule has 1 aliphatic carbocycles. The van der Waals surface area contributed by atoms with Gasteiger partial charge in [-0.1, -0.05) is 78.9 Å². The lowest BCUT2D eigenvalue weighted by Gasteiger charge is -2.31. The van der Waals surface area contributed by atoms with E-state index in [1.54, 1.807) is 20.8 Å². The number of carbonyl (C=O) groups is 3. The number of benzene rings is 3. The van der Waals surface area contributed by atoms with Crippen molar-refractivity contribution in [2.45, 2.75) is 57.3 Å². The smallest absolute Gasteiger partial charge is 0.410 e. The van der Waals surface area contributed by atoms with Crippen molar-refractivity contribution in [1.29, 1.82) is 0 Å². The lowest BCUT2D eigenvalue weighted by atomic mass is 9.98. The lowest BCUT2D eigenvalue weighted by Crippen LogP contribution is -2.45. The second-order valence-electron chi connectivity index (χ2n) is 11.3. The average molecular weight is 543 g/mol. The summed E-state index contributed by atoms with van der Waals surface area (Å²) in [6.45, 7) is 5.68. The average Bonchev–Trinajstić information content (AvgIpc) is 3.50. The SMILES string of the molecule is CC(C)(C)OC(=O)N(Cc1ccccc1)[C@@H]1C[C@@H](C(=O)O)N(C(=O)OCC2c3ccccc3-c3ccccc32)C1. The molecule has 1 fully saturated rings. The van der Waals surface area contributed by atoms with Crippen molar-refractivity contribution in [3.63, 3.8) is 0 Å². The Morgan fingerprint density at radius 1 is 0.900 bits per heavy atom. The van der Waals surface area contributed by atoms with Crippen LogP contribution in [0.15, 0.2) is 78.9 Å². The predicted octanol–water partition coefficient (Wildman–Crippen LogP) is 5.90. The summed E-state index contributed by atoms with van der Waals surface area (Å²) < 4.78 is 11.4. The van der Waals surface area contributed by atoms with Gasteiger partial charge in [0.25, 0.3) is 0 Å². The number of carbonyl (C=O) groups excluding carboxylic acids is 2. The van der Waals surface area contributed by atoms with E-state index in [1.807, 2.05) is 66.7 Å². The van der Waals surface area contributed by atoms with Crippen LogP contribution < -0.4 is 0 Å². The van der Waals surface area contributed by atoms with Gasteiger partial charge in [0.05, 0.1) is 6.04 Å². The summed E-state index contributed by atoms with van der Waals surface area (Å²) in [6.07, 6.45) is -1.19. The first-order valence-corrected chi connectivity index (χ1v) is 13.5. The van der Waals surface area contributed by atoms with Crippen LogP contribution in [0, 0.1) is 0 Å². The van der Waals surface area contributed by atoms with Crippen molar-refractivity contribution < 1.29 is 29.0 Å². The molecule has 0 radical (unpaired) electrons. The van der Waals surface area contributed by atoms with Gasteiger partial charge >= 0.3 is 18.2 Å². The van der Waals surface area contributed by atoms with Gasteiger partial charge < -0.3 is 14.6 Å². The Morgan fingerprint density at radius 3 is 2.05 bits per heavy atom. The minimum Gasteiger partial charge on any atom is -0.480 e. The van der Waals surface area contributed by atoms with Gasteiger partial charge in [0.2, 0.25) is 0 Å². The number of hydrogen-bond donors (Lipinski definition) is 1. The maximum Gasteiger partial charge on any atom is 0.410 e. The molecule has 0 spiro atoms. The van der Waals surface area contributed by atoms with E-state index in [4.69, 9.17) is 9.47 Å². The quantitative estimate of drug-likeness (QED) is 0.417. The molecule has 1 saturated heterocycles. The molecule has 5 rings (SSSR count). The molecule has 40 heavy (non-hydrogen) atoms. The normalized spacial score (nSPS) is 18.1. The first kappa shape index (κ1) is 27.2. The molecule has 1 N–H and O–H groups in total. The number of carboxylic acid groups (broad SMARTS) is 1. The lowest BCUT2D eigenvalue weighted by molar-refractivity contribution is -0.141. The molecule has 8 nitrogen and oxygen atoms in total. The van der Waals surface area contributed by atoms with E-state index in [9.17, 15) is 19.5 Å². The number of fused-ring (bicyclic) bond motifs is 3. The van der Waals surface area contributed by atoms with E-state index in [0.29, 0.717) is 0 Å². The summed E-state index contributed by atoms with van der Waals surface area (Å²) in [5.74, 6) is -1.28. The third-order valence-corrected chi connectivity index (χ3v) is 7.40. The Kier molecular flexibility index (Phi) is 7.52. The van der Waals surface area contributed by atoms with Crippen molar-refractivity contribution in [3.8, 4) is 11.1 Å². The summed E-state index contributed by atoms with van der Waals surface area (Å²) in [5.41, 5.74) is 4.51. The van der Waals surface area contributed by atoms with Crippen LogP contribution in [0.2, 0.25) is 0 Å². The second kappa shape index (κ2) is 11.0. The van der Waals surface area contributed by atoms with E-state index in [-0.39, 0.29) is 32.0 Å². The van der Waals surface area contributed by atoms with Crippen molar-refractivity contribution >= 4 is 18.2 Å². The van der Waals surface area contributed by atoms with E-state index in [1.165, 1.54) is 9.80 Å². The van der Waals surface area contributed by atoms with E-state index >= 15 is 0 Å². The van der Waals surface area contributed by atoms with Crippen molar-refractivity contribution in [1.82, 2.24) is 9.80 Å². The minimum absolute atomic E-state index is 0.0275. The molecule has 2 aliphatic rings. The Labute approximate surface area is 234 Å². The first-order chi connectivity index (χ1) is 19.1. The third kappa shape index (κ3) is 5.66. The zero-order valence-electron chi connectivity index (χ0n) is 22.9. The molecule has 8 heteroatoms. The highest BCUT2D eigenvalue weighted by molar-refractivity contribution is 5.82. The number of hydrogen-bond acceptors (Lipinski definition) is 5. The zero-order chi connectivity index (χ0) is 28.4. The Balaban J connectivity index is 1.34. The third-order valence-electron chi connectivity index (χ3n) is 7.40. The molecular weight excluding hydrogens is 508 g/mol. The van der Waals surface area contributed by atoms with Crippen molar-refractivity contribution in [2.24, 2.45) is 0 Å². The molecule has 1 heterocycles. The monoisotopic (exact) mass is 542 g/mol. The van der Waals surface area contributed by atoms with Gasteiger partial charge in [0, 0.05) is 25.4 Å². The van der Waals surface area contributed by atoms with Crippen LogP contribution in [0.5, 0.6) is 0 Å². The fraction of sp³-hybridized carbons (Fsp3) is 0.344. The van der Waals surface area contributed by atoms with E-state index < -0.39 is 35.8 Å². The highest BCUT2D eigenvalue weighted by Crippen LogP contribution is 2.44. The van der Waals surface area contributed by atoms with Crippen LogP contribution in [0.25, 0.3) is 11.1 Å². The number of ether oxygens (including phenoxy) is 2. The number of carboxylic acids is 1. The van der Waals surface area contributed by atoms with Crippen LogP contribution in [-0.2, 0) is 20.8 Å². The maximum atomic E-state index is 13.4. The number of amides is 2. The molecule has 0 unspecified atom stereocenters. The van der Waals surface area contributed by atoms with Crippen LogP contribution in [0.1, 0.15) is 49.8 Å². The standard InChI is InChI=1S/C32H34N2O6/c1-32(2,3)40-31(38)33(18-21-11-5-4-6-12-21)22-17-28(29(35)36)34(19-22)30(37)39-20-27-25-15-9-7-13-23(25)24-14-8-10-16-26(24)27/h4-16,22,27-28H,17-20H2,1-3H3,(H,35,36)/t22-,28+/m1/s1. The number of rotatable bonds is 6. The van der Waals surface area contributed by atoms with Crippen LogP contribution >= 0.6 is 0 Å². The van der Waals surface area contributed by atoms with Gasteiger partial charge in [-0.3, -0.25) is 9.80 Å². The minimum atomic E-state index is -1.14. The summed E-state index contributed by atoms with van der Waals surface area (Å²) in [7, 11) is 0. The summed E-state index contributed by atoms with van der Waals surface area (Å²) in [6, 6.07) is 23.8. The summed E-state index contributed by atoms with van der Waals surface area (Å²) in [4.78, 5) is 41.6. The van der Waals surface area contributed by atoms with E-state index in [0.717, 1.165) is 27.8 Å². The van der Waals surface area contributed by atoms with E-state index in [2.05, 4.69) is 12.1 Å². The molecule has 1 aliphatic heterocycles. The number of aliphatic carboxylic acids is 1. The molecule has 2 atom stereocenters. The van der Waals surface area contributed by atoms with Crippen LogP contribution in [0.4, 0.5) is 9.59 Å². The Morgan fingerprint density at radius 2 is 1.48 bits per heavy atom. The first-order valence-electron chi connectivity index (χ1n) is 13.5. The van der Waals surface area contributed by atoms with Crippen LogP contribution in [0.3, 0.4) is 0 Å².